The Hall–Kier alpha value is -1.67. The molecule has 2 aliphatic heterocycles. The minimum Gasteiger partial charge on any atom is -0.459 e. The summed E-state index contributed by atoms with van der Waals surface area (Å²) in [6, 6.07) is 0. The number of nitrogens with zero attached hydrogens (tertiary/aromatic N) is 1. The normalized spacial score (nSPS) is 38.1. The number of fused-ring (bicyclic) bond motifs is 1. The number of carbonyl (C=O) groups excluding carboxylic acids is 3. The first kappa shape index (κ1) is 23.1. The lowest BCUT2D eigenvalue weighted by Gasteiger charge is -2.40. The summed E-state index contributed by atoms with van der Waals surface area (Å²) in [5.41, 5.74) is -0.524. The molecule has 0 aromatic rings. The second-order valence-electron chi connectivity index (χ2n) is 10.8. The van der Waals surface area contributed by atoms with Crippen LogP contribution in [0.3, 0.4) is 0 Å². The van der Waals surface area contributed by atoms with Crippen molar-refractivity contribution in [3.8, 4) is 0 Å². The fourth-order valence-corrected chi connectivity index (χ4v) is 7.05. The average molecular weight is 464 g/mol. The molecule has 7 unspecified atom stereocenters. The molecule has 0 spiro atoms. The SMILES string of the molecule is CCC(C)(OC(=O)C1C2CC3C(OC(=O)C31)C2OC(=O)CN1CCOCC1)C1CCCCC1. The third kappa shape index (κ3) is 4.18. The van der Waals surface area contributed by atoms with Crippen LogP contribution in [0.4, 0.5) is 0 Å². The molecular weight excluding hydrogens is 426 g/mol. The first-order valence-corrected chi connectivity index (χ1v) is 12.8. The number of carbonyl (C=O) groups is 3. The van der Waals surface area contributed by atoms with E-state index in [1.807, 2.05) is 11.8 Å². The summed E-state index contributed by atoms with van der Waals surface area (Å²) in [6.07, 6.45) is 6.15. The second kappa shape index (κ2) is 9.17. The molecule has 5 fully saturated rings. The largest absolute Gasteiger partial charge is 0.459 e. The van der Waals surface area contributed by atoms with E-state index in [-0.39, 0.29) is 36.3 Å². The van der Waals surface area contributed by atoms with Gasteiger partial charge in [-0.15, -0.1) is 0 Å². The third-order valence-electron chi connectivity index (χ3n) is 9.05. The van der Waals surface area contributed by atoms with Gasteiger partial charge in [0, 0.05) is 24.9 Å². The third-order valence-corrected chi connectivity index (χ3v) is 9.05. The molecule has 8 heteroatoms. The van der Waals surface area contributed by atoms with Gasteiger partial charge in [0.2, 0.25) is 0 Å². The van der Waals surface area contributed by atoms with Gasteiger partial charge in [-0.05, 0) is 38.5 Å². The van der Waals surface area contributed by atoms with Crippen molar-refractivity contribution in [1.82, 2.24) is 4.90 Å². The van der Waals surface area contributed by atoms with E-state index >= 15 is 0 Å². The van der Waals surface area contributed by atoms with Gasteiger partial charge < -0.3 is 18.9 Å². The van der Waals surface area contributed by atoms with Gasteiger partial charge in [0.25, 0.3) is 0 Å². The van der Waals surface area contributed by atoms with Crippen LogP contribution in [0.2, 0.25) is 0 Å². The predicted octanol–water partition coefficient (Wildman–Crippen LogP) is 2.33. The smallest absolute Gasteiger partial charge is 0.320 e. The van der Waals surface area contributed by atoms with Crippen molar-refractivity contribution in [1.29, 1.82) is 0 Å². The fourth-order valence-electron chi connectivity index (χ4n) is 7.05. The Kier molecular flexibility index (Phi) is 6.42. The lowest BCUT2D eigenvalue weighted by molar-refractivity contribution is -0.180. The molecule has 0 radical (unpaired) electrons. The molecule has 3 saturated carbocycles. The van der Waals surface area contributed by atoms with E-state index in [0.29, 0.717) is 38.6 Å². The van der Waals surface area contributed by atoms with Crippen LogP contribution >= 0.6 is 0 Å². The minimum atomic E-state index is -0.586. The van der Waals surface area contributed by atoms with E-state index in [2.05, 4.69) is 6.92 Å². The Bertz CT molecular complexity index is 775. The summed E-state index contributed by atoms with van der Waals surface area (Å²) in [6.45, 7) is 6.90. The number of hydrogen-bond acceptors (Lipinski definition) is 8. The molecule has 0 amide bonds. The molecule has 7 atom stereocenters. The number of morpholine rings is 1. The van der Waals surface area contributed by atoms with Crippen molar-refractivity contribution >= 4 is 17.9 Å². The van der Waals surface area contributed by atoms with Crippen LogP contribution in [0.15, 0.2) is 0 Å². The highest BCUT2D eigenvalue weighted by molar-refractivity contribution is 5.86. The lowest BCUT2D eigenvalue weighted by atomic mass is 9.75. The zero-order valence-electron chi connectivity index (χ0n) is 19.8. The highest BCUT2D eigenvalue weighted by Crippen LogP contribution is 2.59. The Morgan fingerprint density at radius 3 is 2.55 bits per heavy atom. The molecule has 5 aliphatic rings. The monoisotopic (exact) mass is 463 g/mol. The maximum absolute atomic E-state index is 13.5. The van der Waals surface area contributed by atoms with Gasteiger partial charge in [-0.3, -0.25) is 19.3 Å². The molecule has 0 aromatic carbocycles. The van der Waals surface area contributed by atoms with Gasteiger partial charge in [0.15, 0.2) is 0 Å². The van der Waals surface area contributed by atoms with Gasteiger partial charge in [-0.25, -0.2) is 0 Å². The number of hydrogen-bond donors (Lipinski definition) is 0. The summed E-state index contributed by atoms with van der Waals surface area (Å²) in [5, 5.41) is 0. The quantitative estimate of drug-likeness (QED) is 0.420. The summed E-state index contributed by atoms with van der Waals surface area (Å²) in [7, 11) is 0. The highest BCUT2D eigenvalue weighted by atomic mass is 16.6. The molecule has 0 N–H and O–H groups in total. The van der Waals surface area contributed by atoms with Crippen LogP contribution in [0.1, 0.15) is 58.8 Å². The molecule has 8 nitrogen and oxygen atoms in total. The highest BCUT2D eigenvalue weighted by Gasteiger charge is 2.70. The Morgan fingerprint density at radius 2 is 1.85 bits per heavy atom. The molecule has 0 aromatic heterocycles. The van der Waals surface area contributed by atoms with E-state index in [1.165, 1.54) is 19.3 Å². The summed E-state index contributed by atoms with van der Waals surface area (Å²) < 4.78 is 23.1. The van der Waals surface area contributed by atoms with Gasteiger partial charge >= 0.3 is 17.9 Å². The van der Waals surface area contributed by atoms with Crippen molar-refractivity contribution in [2.24, 2.45) is 29.6 Å². The first-order valence-electron chi connectivity index (χ1n) is 12.8. The van der Waals surface area contributed by atoms with Crippen molar-refractivity contribution in [2.45, 2.75) is 76.6 Å². The molecular formula is C25H37NO7. The lowest BCUT2D eigenvalue weighted by Crippen LogP contribution is -2.48. The van der Waals surface area contributed by atoms with Crippen LogP contribution in [-0.2, 0) is 33.3 Å². The van der Waals surface area contributed by atoms with Gasteiger partial charge in [0.05, 0.1) is 31.6 Å². The molecule has 2 saturated heterocycles. The molecule has 33 heavy (non-hydrogen) atoms. The molecule has 2 bridgehead atoms. The topological polar surface area (TPSA) is 91.4 Å². The van der Waals surface area contributed by atoms with Crippen molar-refractivity contribution in [3.63, 3.8) is 0 Å². The zero-order valence-corrected chi connectivity index (χ0v) is 19.8. The summed E-state index contributed by atoms with van der Waals surface area (Å²) >= 11 is 0. The van der Waals surface area contributed by atoms with E-state index in [1.54, 1.807) is 0 Å². The molecule has 3 aliphatic carbocycles. The Morgan fingerprint density at radius 1 is 1.12 bits per heavy atom. The van der Waals surface area contributed by atoms with Gasteiger partial charge in [-0.1, -0.05) is 26.2 Å². The Labute approximate surface area is 195 Å². The van der Waals surface area contributed by atoms with E-state index in [9.17, 15) is 14.4 Å². The van der Waals surface area contributed by atoms with Crippen LogP contribution in [-0.4, -0.2) is 73.5 Å². The second-order valence-corrected chi connectivity index (χ2v) is 10.8. The standard InChI is InChI=1S/C25H37NO7/c1-3-25(2,15-7-5-4-6-8-15)33-24(29)20-17-13-16-19(20)23(28)32-22(16)21(17)31-18(27)14-26-9-11-30-12-10-26/h15-17,19-22H,3-14H2,1-2H3. The van der Waals surface area contributed by atoms with Gasteiger partial charge in [0.1, 0.15) is 17.8 Å². The minimum absolute atomic E-state index is 0.0659. The zero-order chi connectivity index (χ0) is 23.2. The number of rotatable bonds is 7. The summed E-state index contributed by atoms with van der Waals surface area (Å²) in [4.78, 5) is 40.9. The first-order chi connectivity index (χ1) is 15.9. The number of esters is 3. The number of ether oxygens (including phenoxy) is 4. The maximum Gasteiger partial charge on any atom is 0.320 e. The average Bonchev–Trinajstić information content (AvgIpc) is 3.44. The van der Waals surface area contributed by atoms with Crippen LogP contribution < -0.4 is 0 Å². The van der Waals surface area contributed by atoms with Gasteiger partial charge in [-0.2, -0.15) is 0 Å². The van der Waals surface area contributed by atoms with Crippen LogP contribution in [0.5, 0.6) is 0 Å². The van der Waals surface area contributed by atoms with E-state index in [4.69, 9.17) is 18.9 Å². The predicted molar refractivity (Wildman–Crippen MR) is 117 cm³/mol. The maximum atomic E-state index is 13.5. The molecule has 5 rings (SSSR count). The van der Waals surface area contributed by atoms with Crippen molar-refractivity contribution < 1.29 is 33.3 Å². The molecule has 2 heterocycles. The summed E-state index contributed by atoms with van der Waals surface area (Å²) in [5.74, 6) is -1.96. The van der Waals surface area contributed by atoms with E-state index in [0.717, 1.165) is 19.3 Å². The van der Waals surface area contributed by atoms with Crippen LogP contribution in [0, 0.1) is 29.6 Å². The Balaban J connectivity index is 1.28. The van der Waals surface area contributed by atoms with E-state index < -0.39 is 29.6 Å². The van der Waals surface area contributed by atoms with Crippen LogP contribution in [0.25, 0.3) is 0 Å². The molecule has 184 valence electrons. The van der Waals surface area contributed by atoms with Crippen molar-refractivity contribution in [3.05, 3.63) is 0 Å². The van der Waals surface area contributed by atoms with Crippen molar-refractivity contribution in [2.75, 3.05) is 32.8 Å². The fraction of sp³-hybridized carbons (Fsp3) is 0.880.